The van der Waals surface area contributed by atoms with Crippen molar-refractivity contribution in [2.75, 3.05) is 5.32 Å². The van der Waals surface area contributed by atoms with Gasteiger partial charge in [0.05, 0.1) is 11.9 Å². The van der Waals surface area contributed by atoms with Gasteiger partial charge in [-0.2, -0.15) is 5.10 Å². The number of anilines is 2. The molecule has 4 aromatic rings. The molecule has 0 fully saturated rings. The molecule has 7 nitrogen and oxygen atoms in total. The third-order valence-electron chi connectivity index (χ3n) is 3.34. The first-order chi connectivity index (χ1) is 11.3. The van der Waals surface area contributed by atoms with Crippen LogP contribution in [0.25, 0.3) is 21.6 Å². The Bertz CT molecular complexity index is 946. The van der Waals surface area contributed by atoms with Crippen LogP contribution in [0.3, 0.4) is 0 Å². The second kappa shape index (κ2) is 5.75. The lowest BCUT2D eigenvalue weighted by Crippen LogP contribution is -1.99. The van der Waals surface area contributed by atoms with Gasteiger partial charge in [-0.3, -0.25) is 5.10 Å². The Hall–Kier alpha value is -2.84. The first kappa shape index (κ1) is 13.8. The second-order valence-electron chi connectivity index (χ2n) is 4.91. The molecule has 0 saturated carbocycles. The number of aromatic amines is 1. The SMILES string of the molecule is NCc1ccnc(Nc2nc3ccc(-c4cn[nH]c4)nc3s2)c1. The molecule has 0 radical (unpaired) electrons. The van der Waals surface area contributed by atoms with E-state index in [1.807, 2.05) is 30.5 Å². The van der Waals surface area contributed by atoms with Gasteiger partial charge in [-0.25, -0.2) is 15.0 Å². The molecule has 0 aliphatic rings. The standard InChI is InChI=1S/C15H13N7S/c16-6-9-3-4-17-13(5-9)22-15-21-12-2-1-11(20-14(12)23-15)10-7-18-19-8-10/h1-5,7-8H,6,16H2,(H,18,19)(H,17,21,22). The number of nitrogens with zero attached hydrogens (tertiary/aromatic N) is 4. The molecule has 0 aliphatic heterocycles. The Morgan fingerprint density at radius 3 is 3.00 bits per heavy atom. The summed E-state index contributed by atoms with van der Waals surface area (Å²) in [6.07, 6.45) is 5.29. The van der Waals surface area contributed by atoms with Crippen molar-refractivity contribution < 1.29 is 0 Å². The van der Waals surface area contributed by atoms with E-state index in [0.29, 0.717) is 6.54 Å². The van der Waals surface area contributed by atoms with E-state index in [-0.39, 0.29) is 0 Å². The van der Waals surface area contributed by atoms with E-state index < -0.39 is 0 Å². The fraction of sp³-hybridized carbons (Fsp3) is 0.0667. The summed E-state index contributed by atoms with van der Waals surface area (Å²) in [6.45, 7) is 0.479. The van der Waals surface area contributed by atoms with Crippen LogP contribution in [-0.4, -0.2) is 25.1 Å². The van der Waals surface area contributed by atoms with Crippen molar-refractivity contribution in [2.24, 2.45) is 5.73 Å². The van der Waals surface area contributed by atoms with Crippen LogP contribution >= 0.6 is 11.3 Å². The molecule has 0 amide bonds. The molecule has 0 atom stereocenters. The highest BCUT2D eigenvalue weighted by Crippen LogP contribution is 2.28. The molecule has 4 N–H and O–H groups in total. The summed E-state index contributed by atoms with van der Waals surface area (Å²) < 4.78 is 0. The highest BCUT2D eigenvalue weighted by atomic mass is 32.1. The van der Waals surface area contributed by atoms with E-state index in [2.05, 4.69) is 30.5 Å². The van der Waals surface area contributed by atoms with Crippen LogP contribution in [0.5, 0.6) is 0 Å². The highest BCUT2D eigenvalue weighted by molar-refractivity contribution is 7.21. The molecular weight excluding hydrogens is 310 g/mol. The number of hydrogen-bond donors (Lipinski definition) is 3. The fourth-order valence-electron chi connectivity index (χ4n) is 2.20. The smallest absolute Gasteiger partial charge is 0.190 e. The topological polar surface area (TPSA) is 105 Å². The van der Waals surface area contributed by atoms with Crippen LogP contribution in [0.4, 0.5) is 10.9 Å². The molecule has 0 spiro atoms. The zero-order chi connectivity index (χ0) is 15.6. The van der Waals surface area contributed by atoms with Crippen LogP contribution in [0.15, 0.2) is 42.9 Å². The lowest BCUT2D eigenvalue weighted by atomic mass is 10.2. The second-order valence-corrected chi connectivity index (χ2v) is 5.88. The third kappa shape index (κ3) is 2.77. The number of hydrogen-bond acceptors (Lipinski definition) is 7. The van der Waals surface area contributed by atoms with Gasteiger partial charge in [0, 0.05) is 24.5 Å². The van der Waals surface area contributed by atoms with Crippen molar-refractivity contribution in [3.63, 3.8) is 0 Å². The first-order valence-electron chi connectivity index (χ1n) is 7.00. The summed E-state index contributed by atoms with van der Waals surface area (Å²) in [4.78, 5) is 14.3. The Morgan fingerprint density at radius 1 is 1.22 bits per heavy atom. The van der Waals surface area contributed by atoms with Crippen molar-refractivity contribution in [1.29, 1.82) is 0 Å². The largest absolute Gasteiger partial charge is 0.326 e. The predicted octanol–water partition coefficient (Wildman–Crippen LogP) is 2.68. The summed E-state index contributed by atoms with van der Waals surface area (Å²) in [5.41, 5.74) is 9.33. The van der Waals surface area contributed by atoms with E-state index in [1.54, 1.807) is 12.4 Å². The molecule has 0 bridgehead atoms. The molecule has 4 rings (SSSR count). The van der Waals surface area contributed by atoms with Gasteiger partial charge >= 0.3 is 0 Å². The summed E-state index contributed by atoms with van der Waals surface area (Å²) >= 11 is 1.48. The maximum atomic E-state index is 5.65. The van der Waals surface area contributed by atoms with E-state index in [4.69, 9.17) is 5.73 Å². The lowest BCUT2D eigenvalue weighted by Gasteiger charge is -2.02. The van der Waals surface area contributed by atoms with Crippen molar-refractivity contribution in [3.8, 4) is 11.3 Å². The Balaban J connectivity index is 1.66. The lowest BCUT2D eigenvalue weighted by molar-refractivity contribution is 1.06. The number of nitrogens with two attached hydrogens (primary N) is 1. The number of fused-ring (bicyclic) bond motifs is 1. The zero-order valence-electron chi connectivity index (χ0n) is 12.0. The van der Waals surface area contributed by atoms with Crippen LogP contribution in [0.1, 0.15) is 5.56 Å². The third-order valence-corrected chi connectivity index (χ3v) is 4.23. The maximum absolute atomic E-state index is 5.65. The van der Waals surface area contributed by atoms with Gasteiger partial charge in [0.1, 0.15) is 16.2 Å². The zero-order valence-corrected chi connectivity index (χ0v) is 12.8. The monoisotopic (exact) mass is 323 g/mol. The molecule has 4 aromatic heterocycles. The van der Waals surface area contributed by atoms with E-state index >= 15 is 0 Å². The van der Waals surface area contributed by atoms with E-state index in [0.717, 1.165) is 38.1 Å². The molecule has 0 unspecified atom stereocenters. The molecule has 0 aliphatic carbocycles. The fourth-order valence-corrected chi connectivity index (χ4v) is 3.05. The molecule has 23 heavy (non-hydrogen) atoms. The molecule has 0 aromatic carbocycles. The van der Waals surface area contributed by atoms with Crippen LogP contribution < -0.4 is 11.1 Å². The molecule has 4 heterocycles. The van der Waals surface area contributed by atoms with Gasteiger partial charge < -0.3 is 11.1 Å². The number of H-pyrrole nitrogens is 1. The van der Waals surface area contributed by atoms with Crippen molar-refractivity contribution in [3.05, 3.63) is 48.4 Å². The van der Waals surface area contributed by atoms with Gasteiger partial charge in [0.25, 0.3) is 0 Å². The molecule has 0 saturated heterocycles. The maximum Gasteiger partial charge on any atom is 0.190 e. The van der Waals surface area contributed by atoms with Crippen molar-refractivity contribution in [2.45, 2.75) is 6.54 Å². The quantitative estimate of drug-likeness (QED) is 0.533. The molecule has 8 heteroatoms. The number of thiazole rings is 1. The molecular formula is C15H13N7S. The van der Waals surface area contributed by atoms with Crippen LogP contribution in [0.2, 0.25) is 0 Å². The van der Waals surface area contributed by atoms with Gasteiger partial charge in [-0.15, -0.1) is 0 Å². The summed E-state index contributed by atoms with van der Waals surface area (Å²) in [7, 11) is 0. The van der Waals surface area contributed by atoms with E-state index in [1.165, 1.54) is 11.3 Å². The first-order valence-corrected chi connectivity index (χ1v) is 7.82. The van der Waals surface area contributed by atoms with Gasteiger partial charge in [-0.1, -0.05) is 11.3 Å². The minimum Gasteiger partial charge on any atom is -0.326 e. The highest BCUT2D eigenvalue weighted by Gasteiger charge is 2.09. The number of nitrogens with one attached hydrogen (secondary N) is 2. The number of pyridine rings is 2. The minimum absolute atomic E-state index is 0.479. The average Bonchev–Trinajstić information content (AvgIpc) is 3.23. The van der Waals surface area contributed by atoms with E-state index in [9.17, 15) is 0 Å². The molecule has 114 valence electrons. The van der Waals surface area contributed by atoms with Crippen molar-refractivity contribution in [1.82, 2.24) is 25.1 Å². The van der Waals surface area contributed by atoms with Crippen LogP contribution in [0, 0.1) is 0 Å². The average molecular weight is 323 g/mol. The summed E-state index contributed by atoms with van der Waals surface area (Å²) in [6, 6.07) is 7.69. The Morgan fingerprint density at radius 2 is 2.17 bits per heavy atom. The predicted molar refractivity (Wildman–Crippen MR) is 90.4 cm³/mol. The van der Waals surface area contributed by atoms with Crippen molar-refractivity contribution >= 4 is 32.6 Å². The number of rotatable bonds is 4. The van der Waals surface area contributed by atoms with Gasteiger partial charge in [-0.05, 0) is 29.8 Å². The summed E-state index contributed by atoms with van der Waals surface area (Å²) in [5.74, 6) is 0.724. The Kier molecular flexibility index (Phi) is 3.45. The normalized spacial score (nSPS) is 11.0. The Labute approximate surface area is 135 Å². The van der Waals surface area contributed by atoms with Gasteiger partial charge in [0.15, 0.2) is 5.13 Å². The summed E-state index contributed by atoms with van der Waals surface area (Å²) in [5, 5.41) is 10.7. The van der Waals surface area contributed by atoms with Crippen LogP contribution in [-0.2, 0) is 6.54 Å². The van der Waals surface area contributed by atoms with Gasteiger partial charge in [0.2, 0.25) is 0 Å². The number of aromatic nitrogens is 5. The minimum atomic E-state index is 0.479.